The molecule has 3 aliphatic rings. The van der Waals surface area contributed by atoms with E-state index in [4.69, 9.17) is 55.9 Å². The SMILES string of the molecule is COC1(OC)C2(Cl)C(Cl)=C(Cl)C1(Cl)C1CCCCCC12. The van der Waals surface area contributed by atoms with Gasteiger partial charge in [-0.1, -0.05) is 42.5 Å². The fraction of sp³-hybridized carbons (Fsp3) is 0.857. The minimum absolute atomic E-state index is 0.124. The molecule has 4 atom stereocenters. The second-order valence-corrected chi connectivity index (χ2v) is 7.88. The van der Waals surface area contributed by atoms with Crippen molar-refractivity contribution >= 4 is 46.4 Å². The Bertz CT molecular complexity index is 426. The van der Waals surface area contributed by atoms with Crippen molar-refractivity contribution in [1.82, 2.24) is 0 Å². The second kappa shape index (κ2) is 4.91. The minimum Gasteiger partial charge on any atom is -0.350 e. The maximum atomic E-state index is 6.99. The Balaban J connectivity index is 2.24. The number of halogens is 4. The smallest absolute Gasteiger partial charge is 0.217 e. The fourth-order valence-electron chi connectivity index (χ4n) is 4.62. The first-order valence-electron chi connectivity index (χ1n) is 6.96. The zero-order valence-electron chi connectivity index (χ0n) is 11.5. The van der Waals surface area contributed by atoms with Gasteiger partial charge in [0.05, 0.1) is 10.1 Å². The van der Waals surface area contributed by atoms with E-state index in [0.29, 0.717) is 10.1 Å². The molecule has 2 saturated carbocycles. The summed E-state index contributed by atoms with van der Waals surface area (Å²) < 4.78 is 11.4. The standard InChI is InChI=1S/C14H18Cl4O2/c1-19-14(20-2)12(17)8-6-4-3-5-7-9(8)13(14,18)11(16)10(12)15/h8-9H,3-7H2,1-2H3. The highest BCUT2D eigenvalue weighted by molar-refractivity contribution is 6.52. The number of hydrogen-bond acceptors (Lipinski definition) is 2. The van der Waals surface area contributed by atoms with Gasteiger partial charge in [-0.15, -0.1) is 23.2 Å². The van der Waals surface area contributed by atoms with Crippen LogP contribution in [0.4, 0.5) is 0 Å². The molecule has 114 valence electrons. The Labute approximate surface area is 139 Å². The lowest BCUT2D eigenvalue weighted by Crippen LogP contribution is -2.57. The molecule has 0 amide bonds. The van der Waals surface area contributed by atoms with Gasteiger partial charge in [0.2, 0.25) is 5.79 Å². The van der Waals surface area contributed by atoms with Gasteiger partial charge < -0.3 is 9.47 Å². The van der Waals surface area contributed by atoms with Gasteiger partial charge in [0.25, 0.3) is 0 Å². The average Bonchev–Trinajstić information content (AvgIpc) is 2.68. The van der Waals surface area contributed by atoms with Crippen LogP contribution in [0.3, 0.4) is 0 Å². The first-order valence-corrected chi connectivity index (χ1v) is 8.47. The van der Waals surface area contributed by atoms with E-state index in [2.05, 4.69) is 0 Å². The van der Waals surface area contributed by atoms with Crippen LogP contribution in [0, 0.1) is 11.8 Å². The Morgan fingerprint density at radius 2 is 1.25 bits per heavy atom. The number of methoxy groups -OCH3 is 2. The Morgan fingerprint density at radius 1 is 0.850 bits per heavy atom. The van der Waals surface area contributed by atoms with Crippen molar-refractivity contribution in [3.8, 4) is 0 Å². The summed E-state index contributed by atoms with van der Waals surface area (Å²) in [4.78, 5) is -1.99. The third-order valence-corrected chi connectivity index (χ3v) is 8.10. The van der Waals surface area contributed by atoms with Crippen LogP contribution in [0.5, 0.6) is 0 Å². The summed E-state index contributed by atoms with van der Waals surface area (Å²) in [6.45, 7) is 0. The first-order chi connectivity index (χ1) is 9.41. The van der Waals surface area contributed by atoms with Crippen LogP contribution < -0.4 is 0 Å². The van der Waals surface area contributed by atoms with Crippen molar-refractivity contribution in [3.63, 3.8) is 0 Å². The molecule has 2 bridgehead atoms. The van der Waals surface area contributed by atoms with Crippen molar-refractivity contribution in [2.75, 3.05) is 14.2 Å². The van der Waals surface area contributed by atoms with Gasteiger partial charge in [-0.2, -0.15) is 0 Å². The molecule has 2 fully saturated rings. The molecule has 0 aromatic rings. The molecule has 2 nitrogen and oxygen atoms in total. The molecule has 3 rings (SSSR count). The summed E-state index contributed by atoms with van der Waals surface area (Å²) in [5, 5.41) is 0.783. The van der Waals surface area contributed by atoms with Crippen molar-refractivity contribution in [2.45, 2.75) is 47.6 Å². The molecule has 0 heterocycles. The lowest BCUT2D eigenvalue weighted by molar-refractivity contribution is -0.220. The number of fused-ring (bicyclic) bond motifs is 5. The zero-order chi connectivity index (χ0) is 14.8. The normalized spacial score (nSPS) is 46.5. The summed E-state index contributed by atoms with van der Waals surface area (Å²) in [6, 6.07) is 0. The van der Waals surface area contributed by atoms with Crippen LogP contribution >= 0.6 is 46.4 Å². The topological polar surface area (TPSA) is 18.5 Å². The molecule has 0 aromatic heterocycles. The summed E-state index contributed by atoms with van der Waals surface area (Å²) in [5.74, 6) is -0.956. The Morgan fingerprint density at radius 3 is 1.60 bits per heavy atom. The molecule has 4 unspecified atom stereocenters. The van der Waals surface area contributed by atoms with Crippen LogP contribution in [0.25, 0.3) is 0 Å². The van der Waals surface area contributed by atoms with E-state index in [-0.39, 0.29) is 11.8 Å². The van der Waals surface area contributed by atoms with E-state index < -0.39 is 15.5 Å². The predicted molar refractivity (Wildman–Crippen MR) is 82.7 cm³/mol. The van der Waals surface area contributed by atoms with Crippen molar-refractivity contribution < 1.29 is 9.47 Å². The third-order valence-electron chi connectivity index (χ3n) is 5.40. The van der Waals surface area contributed by atoms with Crippen LogP contribution in [-0.4, -0.2) is 29.8 Å². The molecule has 3 aliphatic carbocycles. The molecule has 0 spiro atoms. The van der Waals surface area contributed by atoms with Gasteiger partial charge in [0, 0.05) is 14.2 Å². The summed E-state index contributed by atoms with van der Waals surface area (Å²) in [5.41, 5.74) is 0. The number of ether oxygens (including phenoxy) is 2. The molecule has 0 aromatic carbocycles. The molecular weight excluding hydrogens is 342 g/mol. The van der Waals surface area contributed by atoms with Crippen LogP contribution in [0.2, 0.25) is 0 Å². The maximum absolute atomic E-state index is 6.99. The Kier molecular flexibility index (Phi) is 3.85. The van der Waals surface area contributed by atoms with Gasteiger partial charge in [0.1, 0.15) is 9.75 Å². The van der Waals surface area contributed by atoms with Gasteiger partial charge in [-0.05, 0) is 24.7 Å². The van der Waals surface area contributed by atoms with Gasteiger partial charge in [0.15, 0.2) is 0 Å². The van der Waals surface area contributed by atoms with E-state index >= 15 is 0 Å². The maximum Gasteiger partial charge on any atom is 0.217 e. The molecule has 6 heteroatoms. The number of alkyl halides is 2. The van der Waals surface area contributed by atoms with E-state index in [9.17, 15) is 0 Å². The highest BCUT2D eigenvalue weighted by Crippen LogP contribution is 2.75. The fourth-order valence-corrected chi connectivity index (χ4v) is 6.91. The largest absolute Gasteiger partial charge is 0.350 e. The van der Waals surface area contributed by atoms with Crippen LogP contribution in [-0.2, 0) is 9.47 Å². The second-order valence-electron chi connectivity index (χ2n) is 5.93. The predicted octanol–water partition coefficient (Wildman–Crippen LogP) is 4.84. The average molecular weight is 360 g/mol. The van der Waals surface area contributed by atoms with Crippen molar-refractivity contribution in [1.29, 1.82) is 0 Å². The molecule has 0 aliphatic heterocycles. The zero-order valence-corrected chi connectivity index (χ0v) is 14.5. The van der Waals surface area contributed by atoms with Gasteiger partial charge in [-0.25, -0.2) is 0 Å². The van der Waals surface area contributed by atoms with Crippen molar-refractivity contribution in [3.05, 3.63) is 10.1 Å². The highest BCUT2D eigenvalue weighted by atomic mass is 35.5. The van der Waals surface area contributed by atoms with E-state index in [1.54, 1.807) is 14.2 Å². The lowest BCUT2D eigenvalue weighted by Gasteiger charge is -2.41. The highest BCUT2D eigenvalue weighted by Gasteiger charge is 2.83. The van der Waals surface area contributed by atoms with Crippen LogP contribution in [0.15, 0.2) is 10.1 Å². The van der Waals surface area contributed by atoms with E-state index in [1.165, 1.54) is 6.42 Å². The van der Waals surface area contributed by atoms with E-state index in [0.717, 1.165) is 25.7 Å². The molecular formula is C14H18Cl4O2. The summed E-state index contributed by atoms with van der Waals surface area (Å²) in [6.07, 6.45) is 5.37. The quantitative estimate of drug-likeness (QED) is 0.518. The summed E-state index contributed by atoms with van der Waals surface area (Å²) >= 11 is 26.9. The van der Waals surface area contributed by atoms with Gasteiger partial charge in [-0.3, -0.25) is 0 Å². The van der Waals surface area contributed by atoms with Crippen LogP contribution in [0.1, 0.15) is 32.1 Å². The van der Waals surface area contributed by atoms with Crippen molar-refractivity contribution in [2.24, 2.45) is 11.8 Å². The first kappa shape index (κ1) is 15.7. The number of rotatable bonds is 2. The molecule has 0 saturated heterocycles. The molecule has 20 heavy (non-hydrogen) atoms. The lowest BCUT2D eigenvalue weighted by atomic mass is 9.79. The molecule has 0 radical (unpaired) electrons. The van der Waals surface area contributed by atoms with E-state index in [1.807, 2.05) is 0 Å². The minimum atomic E-state index is -1.20. The van der Waals surface area contributed by atoms with Gasteiger partial charge >= 0.3 is 0 Å². The summed E-state index contributed by atoms with van der Waals surface area (Å²) in [7, 11) is 3.12. The molecule has 0 N–H and O–H groups in total. The third kappa shape index (κ3) is 1.42. The Hall–Kier alpha value is 0.820. The monoisotopic (exact) mass is 358 g/mol. The number of hydrogen-bond donors (Lipinski definition) is 0.